The van der Waals surface area contributed by atoms with Crippen LogP contribution in [0.3, 0.4) is 0 Å². The molecule has 0 heterocycles. The van der Waals surface area contributed by atoms with E-state index in [0.29, 0.717) is 11.3 Å². The van der Waals surface area contributed by atoms with E-state index in [1.54, 1.807) is 12.7 Å². The molecule has 0 N–H and O–H groups in total. The monoisotopic (exact) mass is 372 g/mol. The summed E-state index contributed by atoms with van der Waals surface area (Å²) in [6.45, 7) is 12.4. The number of aryl methyl sites for hydroxylation is 1. The number of unbranched alkanes of at least 4 members (excludes halogenated alkanes) is 2. The van der Waals surface area contributed by atoms with Crippen molar-refractivity contribution in [3.05, 3.63) is 35.4 Å². The van der Waals surface area contributed by atoms with Crippen molar-refractivity contribution >= 4 is 0 Å². The van der Waals surface area contributed by atoms with Crippen molar-refractivity contribution in [3.63, 3.8) is 0 Å². The first kappa shape index (κ1) is 21.9. The fourth-order valence-corrected chi connectivity index (χ4v) is 4.37. The second-order valence-electron chi connectivity index (χ2n) is 9.08. The fourth-order valence-electron chi connectivity index (χ4n) is 4.37. The molecular formula is C25H40O2. The van der Waals surface area contributed by atoms with E-state index in [-0.39, 0.29) is 0 Å². The first-order chi connectivity index (χ1) is 12.9. The van der Waals surface area contributed by atoms with Crippen molar-refractivity contribution in [2.24, 2.45) is 17.3 Å². The van der Waals surface area contributed by atoms with Crippen molar-refractivity contribution in [3.8, 4) is 11.5 Å². The molecule has 0 unspecified atom stereocenters. The van der Waals surface area contributed by atoms with E-state index >= 15 is 0 Å². The van der Waals surface area contributed by atoms with Gasteiger partial charge in [-0.3, -0.25) is 0 Å². The van der Waals surface area contributed by atoms with E-state index in [1.807, 2.05) is 12.1 Å². The normalized spacial score (nSPS) is 20.3. The molecule has 2 rings (SSSR count). The Morgan fingerprint density at radius 2 is 1.81 bits per heavy atom. The zero-order chi connectivity index (χ0) is 19.9. The lowest BCUT2D eigenvalue weighted by molar-refractivity contribution is 0.146. The van der Waals surface area contributed by atoms with Crippen LogP contribution in [0.4, 0.5) is 0 Å². The Morgan fingerprint density at radius 3 is 2.52 bits per heavy atom. The molecular weight excluding hydrogens is 332 g/mol. The molecule has 1 aliphatic carbocycles. The second-order valence-corrected chi connectivity index (χ2v) is 9.08. The van der Waals surface area contributed by atoms with Crippen molar-refractivity contribution in [1.82, 2.24) is 0 Å². The molecule has 0 aromatic heterocycles. The van der Waals surface area contributed by atoms with Gasteiger partial charge < -0.3 is 9.47 Å². The van der Waals surface area contributed by atoms with Gasteiger partial charge in [0.1, 0.15) is 11.5 Å². The van der Waals surface area contributed by atoms with Gasteiger partial charge in [-0.25, -0.2) is 0 Å². The fraction of sp³-hybridized carbons (Fsp3) is 0.680. The lowest BCUT2D eigenvalue weighted by atomic mass is 9.66. The Balaban J connectivity index is 1.89. The molecule has 152 valence electrons. The minimum atomic E-state index is 0.440. The summed E-state index contributed by atoms with van der Waals surface area (Å²) in [6, 6.07) is 6.11. The molecule has 0 radical (unpaired) electrons. The van der Waals surface area contributed by atoms with E-state index in [1.165, 1.54) is 44.1 Å². The summed E-state index contributed by atoms with van der Waals surface area (Å²) in [5.41, 5.74) is 3.17. The highest BCUT2D eigenvalue weighted by Gasteiger charge is 2.33. The molecule has 0 bridgehead atoms. The SMILES string of the molecule is CCCCCC(C)(C)[C@@H]1CC=C(C)[C@H](CCOc2cc(C)cc(OC)c2)C1. The first-order valence-electron chi connectivity index (χ1n) is 10.8. The predicted molar refractivity (Wildman–Crippen MR) is 116 cm³/mol. The summed E-state index contributed by atoms with van der Waals surface area (Å²) in [7, 11) is 1.71. The lowest BCUT2D eigenvalue weighted by Crippen LogP contribution is -2.29. The van der Waals surface area contributed by atoms with Gasteiger partial charge in [-0.05, 0) is 74.5 Å². The van der Waals surface area contributed by atoms with Gasteiger partial charge in [0.15, 0.2) is 0 Å². The Hall–Kier alpha value is -1.44. The zero-order valence-corrected chi connectivity index (χ0v) is 18.4. The molecule has 2 heteroatoms. The van der Waals surface area contributed by atoms with Crippen LogP contribution < -0.4 is 9.47 Å². The van der Waals surface area contributed by atoms with Gasteiger partial charge in [-0.15, -0.1) is 0 Å². The van der Waals surface area contributed by atoms with Gasteiger partial charge in [0, 0.05) is 6.07 Å². The number of benzene rings is 1. The maximum Gasteiger partial charge on any atom is 0.123 e. The summed E-state index contributed by atoms with van der Waals surface area (Å²) < 4.78 is 11.4. The summed E-state index contributed by atoms with van der Waals surface area (Å²) in [6.07, 6.45) is 11.5. The van der Waals surface area contributed by atoms with E-state index in [2.05, 4.69) is 46.8 Å². The lowest BCUT2D eigenvalue weighted by Gasteiger charge is -2.39. The van der Waals surface area contributed by atoms with Crippen LogP contribution in [0.1, 0.15) is 78.2 Å². The second kappa shape index (κ2) is 10.2. The third-order valence-corrected chi connectivity index (χ3v) is 6.46. The topological polar surface area (TPSA) is 18.5 Å². The highest BCUT2D eigenvalue weighted by Crippen LogP contribution is 2.44. The molecule has 1 aromatic carbocycles. The molecule has 1 aromatic rings. The molecule has 0 amide bonds. The van der Waals surface area contributed by atoms with E-state index in [4.69, 9.17) is 9.47 Å². The summed E-state index contributed by atoms with van der Waals surface area (Å²) >= 11 is 0. The van der Waals surface area contributed by atoms with Gasteiger partial charge in [0.05, 0.1) is 13.7 Å². The van der Waals surface area contributed by atoms with Gasteiger partial charge in [0.2, 0.25) is 0 Å². The van der Waals surface area contributed by atoms with Crippen molar-refractivity contribution in [2.75, 3.05) is 13.7 Å². The molecule has 1 aliphatic rings. The smallest absolute Gasteiger partial charge is 0.123 e. The van der Waals surface area contributed by atoms with Crippen LogP contribution in [0, 0.1) is 24.2 Å². The minimum absolute atomic E-state index is 0.440. The van der Waals surface area contributed by atoms with Crippen LogP contribution in [0.15, 0.2) is 29.8 Å². The predicted octanol–water partition coefficient (Wildman–Crippen LogP) is 7.35. The van der Waals surface area contributed by atoms with Gasteiger partial charge in [0.25, 0.3) is 0 Å². The van der Waals surface area contributed by atoms with Crippen LogP contribution in [-0.2, 0) is 0 Å². The molecule has 2 nitrogen and oxygen atoms in total. The van der Waals surface area contributed by atoms with E-state index in [9.17, 15) is 0 Å². The van der Waals surface area contributed by atoms with Gasteiger partial charge >= 0.3 is 0 Å². The third-order valence-electron chi connectivity index (χ3n) is 6.46. The summed E-state index contributed by atoms with van der Waals surface area (Å²) in [4.78, 5) is 0. The molecule has 0 saturated heterocycles. The van der Waals surface area contributed by atoms with Crippen molar-refractivity contribution in [2.45, 2.75) is 79.6 Å². The van der Waals surface area contributed by atoms with E-state index < -0.39 is 0 Å². The number of ether oxygens (including phenoxy) is 2. The number of methoxy groups -OCH3 is 1. The maximum atomic E-state index is 6.07. The molecule has 27 heavy (non-hydrogen) atoms. The van der Waals surface area contributed by atoms with Crippen molar-refractivity contribution < 1.29 is 9.47 Å². The molecule has 0 aliphatic heterocycles. The standard InChI is InChI=1S/C25H40O2/c1-7-8-9-13-25(4,5)22-11-10-20(3)21(17-22)12-14-27-24-16-19(2)15-23(18-24)26-6/h10,15-16,18,21-22H,7-9,11-14,17H2,1-6H3/t21-,22-/m1/s1. The minimum Gasteiger partial charge on any atom is -0.497 e. The Morgan fingerprint density at radius 1 is 1.07 bits per heavy atom. The number of hydrogen-bond acceptors (Lipinski definition) is 2. The van der Waals surface area contributed by atoms with Gasteiger partial charge in [-0.1, -0.05) is 51.7 Å². The zero-order valence-electron chi connectivity index (χ0n) is 18.4. The first-order valence-corrected chi connectivity index (χ1v) is 10.8. The largest absolute Gasteiger partial charge is 0.497 e. The Labute approximate surface area is 167 Å². The maximum absolute atomic E-state index is 6.07. The highest BCUT2D eigenvalue weighted by molar-refractivity contribution is 5.37. The van der Waals surface area contributed by atoms with Crippen LogP contribution in [0.25, 0.3) is 0 Å². The van der Waals surface area contributed by atoms with Gasteiger partial charge in [-0.2, -0.15) is 0 Å². The number of allylic oxidation sites excluding steroid dienone is 2. The van der Waals surface area contributed by atoms with Crippen LogP contribution in [0.2, 0.25) is 0 Å². The van der Waals surface area contributed by atoms with Crippen LogP contribution in [-0.4, -0.2) is 13.7 Å². The number of rotatable bonds is 10. The van der Waals surface area contributed by atoms with Crippen molar-refractivity contribution in [1.29, 1.82) is 0 Å². The van der Waals surface area contributed by atoms with E-state index in [0.717, 1.165) is 30.4 Å². The third kappa shape index (κ3) is 6.59. The molecule has 0 spiro atoms. The Kier molecular flexibility index (Phi) is 8.26. The molecule has 0 fully saturated rings. The number of hydrogen-bond donors (Lipinski definition) is 0. The quantitative estimate of drug-likeness (QED) is 0.316. The van der Waals surface area contributed by atoms with Crippen LogP contribution in [0.5, 0.6) is 11.5 Å². The summed E-state index contributed by atoms with van der Waals surface area (Å²) in [5.74, 6) is 3.23. The highest BCUT2D eigenvalue weighted by atomic mass is 16.5. The molecule has 2 atom stereocenters. The van der Waals surface area contributed by atoms with Crippen LogP contribution >= 0.6 is 0 Å². The average Bonchev–Trinajstić information content (AvgIpc) is 2.62. The average molecular weight is 373 g/mol. The molecule has 0 saturated carbocycles. The Bertz CT molecular complexity index is 615. The summed E-state index contributed by atoms with van der Waals surface area (Å²) in [5, 5.41) is 0.